The van der Waals surface area contributed by atoms with Crippen molar-refractivity contribution in [3.63, 3.8) is 0 Å². The Morgan fingerprint density at radius 3 is 2.73 bits per heavy atom. The summed E-state index contributed by atoms with van der Waals surface area (Å²) in [6.07, 6.45) is 0.333. The number of carbonyl (C=O) groups is 2. The number of rotatable bonds is 4. The first-order valence-electron chi connectivity index (χ1n) is 4.06. The number of halogens is 2. The van der Waals surface area contributed by atoms with E-state index in [1.165, 1.54) is 19.2 Å². The van der Waals surface area contributed by atoms with Crippen molar-refractivity contribution in [2.45, 2.75) is 0 Å². The fourth-order valence-electron chi connectivity index (χ4n) is 1.16. The predicted octanol–water partition coefficient (Wildman–Crippen LogP) is 2.07. The van der Waals surface area contributed by atoms with Gasteiger partial charge in [-0.1, -0.05) is 0 Å². The highest BCUT2D eigenvalue weighted by Gasteiger charge is 2.19. The smallest absolute Gasteiger partial charge is 0.184 e. The third-order valence-corrected chi connectivity index (χ3v) is 2.12. The molecule has 0 aliphatic heterocycles. The molecule has 0 aliphatic carbocycles. The maximum absolute atomic E-state index is 13.6. The lowest BCUT2D eigenvalue weighted by Gasteiger charge is -2.08. The van der Waals surface area contributed by atoms with Crippen molar-refractivity contribution >= 4 is 23.7 Å². The van der Waals surface area contributed by atoms with Gasteiger partial charge in [0.2, 0.25) is 0 Å². The van der Waals surface area contributed by atoms with E-state index in [4.69, 9.17) is 16.3 Å². The Morgan fingerprint density at radius 1 is 1.60 bits per heavy atom. The number of ether oxygens (including phenoxy) is 1. The van der Waals surface area contributed by atoms with Gasteiger partial charge in [0.15, 0.2) is 12.1 Å². The molecule has 0 aliphatic rings. The van der Waals surface area contributed by atoms with Gasteiger partial charge < -0.3 is 4.74 Å². The lowest BCUT2D eigenvalue weighted by molar-refractivity contribution is 0.101. The van der Waals surface area contributed by atoms with Crippen LogP contribution >= 0.6 is 11.6 Å². The van der Waals surface area contributed by atoms with Gasteiger partial charge in [-0.2, -0.15) is 0 Å². The number of hydrogen-bond acceptors (Lipinski definition) is 3. The van der Waals surface area contributed by atoms with Gasteiger partial charge in [0, 0.05) is 0 Å². The second kappa shape index (κ2) is 4.89. The molecule has 0 unspecified atom stereocenters. The Hall–Kier alpha value is -1.42. The monoisotopic (exact) mass is 230 g/mol. The van der Waals surface area contributed by atoms with Crippen molar-refractivity contribution in [2.75, 3.05) is 13.0 Å². The van der Waals surface area contributed by atoms with Crippen molar-refractivity contribution < 1.29 is 18.7 Å². The molecule has 0 atom stereocenters. The van der Waals surface area contributed by atoms with Gasteiger partial charge in [-0.25, -0.2) is 4.39 Å². The largest absolute Gasteiger partial charge is 0.496 e. The van der Waals surface area contributed by atoms with Crippen molar-refractivity contribution in [2.24, 2.45) is 0 Å². The molecule has 1 aromatic rings. The molecule has 0 saturated carbocycles. The van der Waals surface area contributed by atoms with Crippen LogP contribution in [0.15, 0.2) is 12.1 Å². The van der Waals surface area contributed by atoms with Gasteiger partial charge in [0.05, 0.1) is 24.1 Å². The van der Waals surface area contributed by atoms with E-state index in [9.17, 15) is 14.0 Å². The highest BCUT2D eigenvalue weighted by molar-refractivity contribution is 6.31. The average Bonchev–Trinajstić information content (AvgIpc) is 2.27. The summed E-state index contributed by atoms with van der Waals surface area (Å²) in [6, 6.07) is 2.60. The minimum absolute atomic E-state index is 0.0729. The first-order chi connectivity index (χ1) is 7.15. The van der Waals surface area contributed by atoms with Gasteiger partial charge in [-0.05, 0) is 12.1 Å². The summed E-state index contributed by atoms with van der Waals surface area (Å²) in [5.41, 5.74) is -0.471. The number of aldehydes is 1. The molecule has 1 rings (SSSR count). The number of hydrogen-bond donors (Lipinski definition) is 0. The van der Waals surface area contributed by atoms with E-state index in [1.54, 1.807) is 0 Å². The van der Waals surface area contributed by atoms with Gasteiger partial charge in [-0.3, -0.25) is 9.59 Å². The van der Waals surface area contributed by atoms with Gasteiger partial charge in [-0.15, -0.1) is 11.6 Å². The zero-order chi connectivity index (χ0) is 11.4. The second-order valence-electron chi connectivity index (χ2n) is 2.72. The van der Waals surface area contributed by atoms with Crippen molar-refractivity contribution in [1.82, 2.24) is 0 Å². The fraction of sp³-hybridized carbons (Fsp3) is 0.200. The van der Waals surface area contributed by atoms with Crippen molar-refractivity contribution in [3.05, 3.63) is 29.1 Å². The Balaban J connectivity index is 3.42. The maximum atomic E-state index is 13.6. The molecule has 0 aromatic heterocycles. The number of benzene rings is 1. The number of methoxy groups -OCH3 is 1. The third kappa shape index (κ3) is 2.15. The molecule has 0 saturated heterocycles. The minimum atomic E-state index is -0.894. The molecule has 0 fully saturated rings. The highest BCUT2D eigenvalue weighted by atomic mass is 35.5. The molecule has 5 heteroatoms. The first kappa shape index (κ1) is 11.7. The van der Waals surface area contributed by atoms with E-state index in [0.29, 0.717) is 6.29 Å². The molecule has 3 nitrogen and oxygen atoms in total. The lowest BCUT2D eigenvalue weighted by atomic mass is 10.1. The van der Waals surface area contributed by atoms with Crippen LogP contribution < -0.4 is 4.74 Å². The standard InChI is InChI=1S/C10H8ClFO3/c1-15-8-3-2-6(5-13)10(12)9(8)7(14)4-11/h2-3,5H,4H2,1H3. The highest BCUT2D eigenvalue weighted by Crippen LogP contribution is 2.24. The molecule has 0 N–H and O–H groups in total. The van der Waals surface area contributed by atoms with E-state index in [1.807, 2.05) is 0 Å². The maximum Gasteiger partial charge on any atom is 0.184 e. The van der Waals surface area contributed by atoms with E-state index in [-0.39, 0.29) is 22.8 Å². The Morgan fingerprint density at radius 2 is 2.27 bits per heavy atom. The summed E-state index contributed by atoms with van der Waals surface area (Å²) < 4.78 is 18.4. The summed E-state index contributed by atoms with van der Waals surface area (Å²) >= 11 is 5.32. The third-order valence-electron chi connectivity index (χ3n) is 1.88. The molecule has 0 radical (unpaired) electrons. The Kier molecular flexibility index (Phi) is 3.80. The molecular formula is C10H8ClFO3. The number of alkyl halides is 1. The Labute approximate surface area is 90.8 Å². The normalized spacial score (nSPS) is 9.80. The molecule has 0 spiro atoms. The van der Waals surface area contributed by atoms with E-state index in [0.717, 1.165) is 0 Å². The molecule has 1 aromatic carbocycles. The number of Topliss-reactive ketones (excluding diaryl/α,β-unsaturated/α-hetero) is 1. The van der Waals surface area contributed by atoms with Crippen LogP contribution in [0.3, 0.4) is 0 Å². The van der Waals surface area contributed by atoms with Crippen molar-refractivity contribution in [1.29, 1.82) is 0 Å². The Bertz CT molecular complexity index is 404. The SMILES string of the molecule is COc1ccc(C=O)c(F)c1C(=O)CCl. The molecule has 0 heterocycles. The predicted molar refractivity (Wildman–Crippen MR) is 53.4 cm³/mol. The number of carbonyl (C=O) groups excluding carboxylic acids is 2. The molecular weight excluding hydrogens is 223 g/mol. The second-order valence-corrected chi connectivity index (χ2v) is 2.99. The molecule has 0 amide bonds. The van der Waals surface area contributed by atoms with E-state index in [2.05, 4.69) is 0 Å². The van der Waals surface area contributed by atoms with Crippen LogP contribution in [0.2, 0.25) is 0 Å². The molecule has 80 valence electrons. The van der Waals surface area contributed by atoms with Crippen molar-refractivity contribution in [3.8, 4) is 5.75 Å². The van der Waals surface area contributed by atoms with Crippen LogP contribution in [-0.4, -0.2) is 25.1 Å². The zero-order valence-electron chi connectivity index (χ0n) is 7.92. The summed E-state index contributed by atoms with van der Waals surface area (Å²) in [5.74, 6) is -1.80. The van der Waals surface area contributed by atoms with Crippen LogP contribution in [0.25, 0.3) is 0 Å². The first-order valence-corrected chi connectivity index (χ1v) is 4.60. The summed E-state index contributed by atoms with van der Waals surface area (Å²) in [6.45, 7) is 0. The van der Waals surface area contributed by atoms with Gasteiger partial charge in [0.25, 0.3) is 0 Å². The fourth-order valence-corrected chi connectivity index (χ4v) is 1.30. The summed E-state index contributed by atoms with van der Waals surface area (Å²) in [4.78, 5) is 21.8. The zero-order valence-corrected chi connectivity index (χ0v) is 8.68. The quantitative estimate of drug-likeness (QED) is 0.452. The van der Waals surface area contributed by atoms with Crippen LogP contribution in [0.1, 0.15) is 20.7 Å². The van der Waals surface area contributed by atoms with Crippen LogP contribution in [-0.2, 0) is 0 Å². The molecule has 15 heavy (non-hydrogen) atoms. The lowest BCUT2D eigenvalue weighted by Crippen LogP contribution is -2.08. The van der Waals surface area contributed by atoms with Crippen LogP contribution in [0.4, 0.5) is 4.39 Å². The van der Waals surface area contributed by atoms with Crippen LogP contribution in [0.5, 0.6) is 5.75 Å². The van der Waals surface area contributed by atoms with Gasteiger partial charge >= 0.3 is 0 Å². The summed E-state index contributed by atoms with van der Waals surface area (Å²) in [7, 11) is 1.31. The average molecular weight is 231 g/mol. The topological polar surface area (TPSA) is 43.4 Å². The number of ketones is 1. The van der Waals surface area contributed by atoms with Gasteiger partial charge in [0.1, 0.15) is 11.6 Å². The van der Waals surface area contributed by atoms with E-state index < -0.39 is 11.6 Å². The van der Waals surface area contributed by atoms with Crippen LogP contribution in [0, 0.1) is 5.82 Å². The van der Waals surface area contributed by atoms with E-state index >= 15 is 0 Å². The summed E-state index contributed by atoms with van der Waals surface area (Å²) in [5, 5.41) is 0. The molecule has 0 bridgehead atoms. The minimum Gasteiger partial charge on any atom is -0.496 e.